The van der Waals surface area contributed by atoms with E-state index in [1.165, 1.54) is 21.7 Å². The molecule has 1 heterocycles. The molecule has 19 heavy (non-hydrogen) atoms. The molecule has 102 valence electrons. The van der Waals surface area contributed by atoms with Crippen molar-refractivity contribution in [3.63, 3.8) is 0 Å². The topological polar surface area (TPSA) is 12.0 Å². The lowest BCUT2D eigenvalue weighted by Crippen LogP contribution is -2.28. The Morgan fingerprint density at radius 2 is 1.79 bits per heavy atom. The highest BCUT2D eigenvalue weighted by atomic mass is 32.1. The van der Waals surface area contributed by atoms with Crippen LogP contribution in [0.1, 0.15) is 41.6 Å². The minimum absolute atomic E-state index is 0.449. The van der Waals surface area contributed by atoms with Crippen LogP contribution in [0.2, 0.25) is 0 Å². The van der Waals surface area contributed by atoms with Crippen molar-refractivity contribution in [2.45, 2.75) is 45.7 Å². The molecule has 0 saturated carbocycles. The zero-order valence-electron chi connectivity index (χ0n) is 12.0. The third-order valence-corrected chi connectivity index (χ3v) is 4.61. The van der Waals surface area contributed by atoms with E-state index < -0.39 is 0 Å². The lowest BCUT2D eigenvalue weighted by molar-refractivity contribution is 0.460. The van der Waals surface area contributed by atoms with Gasteiger partial charge in [-0.25, -0.2) is 0 Å². The van der Waals surface area contributed by atoms with Crippen LogP contribution < -0.4 is 5.32 Å². The van der Waals surface area contributed by atoms with Crippen LogP contribution in [0.4, 0.5) is 0 Å². The first-order valence-corrected chi connectivity index (χ1v) is 7.83. The molecule has 0 spiro atoms. The molecule has 0 bridgehead atoms. The van der Waals surface area contributed by atoms with Gasteiger partial charge in [-0.3, -0.25) is 0 Å². The summed E-state index contributed by atoms with van der Waals surface area (Å²) in [6.45, 7) is 6.70. The minimum atomic E-state index is 0.449. The lowest BCUT2D eigenvalue weighted by Gasteiger charge is -2.19. The molecule has 2 aromatic rings. The second-order valence-electron chi connectivity index (χ2n) is 5.26. The smallest absolute Gasteiger partial charge is 0.0388 e. The van der Waals surface area contributed by atoms with Gasteiger partial charge >= 0.3 is 0 Å². The van der Waals surface area contributed by atoms with Gasteiger partial charge in [-0.2, -0.15) is 0 Å². The zero-order chi connectivity index (χ0) is 13.7. The Labute approximate surface area is 120 Å². The lowest BCUT2D eigenvalue weighted by atomic mass is 10.1. The molecule has 2 unspecified atom stereocenters. The number of thiophene rings is 1. The van der Waals surface area contributed by atoms with E-state index in [2.05, 4.69) is 68.6 Å². The van der Waals surface area contributed by atoms with E-state index in [1.807, 2.05) is 11.3 Å². The Morgan fingerprint density at radius 3 is 2.42 bits per heavy atom. The summed E-state index contributed by atoms with van der Waals surface area (Å²) in [5.41, 5.74) is 1.43. The summed E-state index contributed by atoms with van der Waals surface area (Å²) >= 11 is 1.89. The molecule has 0 amide bonds. The van der Waals surface area contributed by atoms with E-state index in [-0.39, 0.29) is 0 Å². The quantitative estimate of drug-likeness (QED) is 0.802. The zero-order valence-corrected chi connectivity index (χ0v) is 12.8. The van der Waals surface area contributed by atoms with Gasteiger partial charge in [0.15, 0.2) is 0 Å². The van der Waals surface area contributed by atoms with E-state index in [0.29, 0.717) is 12.1 Å². The highest BCUT2D eigenvalue weighted by molar-refractivity contribution is 7.12. The molecule has 1 nitrogen and oxygen atoms in total. The van der Waals surface area contributed by atoms with Gasteiger partial charge < -0.3 is 5.32 Å². The molecule has 1 aromatic carbocycles. The molecule has 0 aliphatic carbocycles. The van der Waals surface area contributed by atoms with Crippen LogP contribution in [0.25, 0.3) is 0 Å². The number of hydrogen-bond acceptors (Lipinski definition) is 2. The normalized spacial score (nSPS) is 14.3. The third kappa shape index (κ3) is 4.48. The first-order chi connectivity index (χ1) is 9.15. The maximum Gasteiger partial charge on any atom is 0.0388 e. The summed E-state index contributed by atoms with van der Waals surface area (Å²) in [6.07, 6.45) is 2.32. The predicted octanol–water partition coefficient (Wildman–Crippen LogP) is 4.73. The van der Waals surface area contributed by atoms with Crippen LogP contribution in [0.15, 0.2) is 42.5 Å². The van der Waals surface area contributed by atoms with Crippen molar-refractivity contribution in [3.05, 3.63) is 57.8 Å². The maximum absolute atomic E-state index is 3.69. The van der Waals surface area contributed by atoms with Gasteiger partial charge in [0.25, 0.3) is 0 Å². The van der Waals surface area contributed by atoms with Crippen LogP contribution in [-0.2, 0) is 6.42 Å². The molecule has 0 saturated heterocycles. The van der Waals surface area contributed by atoms with Crippen molar-refractivity contribution < 1.29 is 0 Å². The summed E-state index contributed by atoms with van der Waals surface area (Å²) in [5, 5.41) is 3.69. The van der Waals surface area contributed by atoms with E-state index in [0.717, 1.165) is 6.42 Å². The molecule has 2 rings (SSSR count). The third-order valence-electron chi connectivity index (χ3n) is 3.43. The van der Waals surface area contributed by atoms with Crippen molar-refractivity contribution in [1.29, 1.82) is 0 Å². The highest BCUT2D eigenvalue weighted by Crippen LogP contribution is 2.23. The molecule has 1 N–H and O–H groups in total. The van der Waals surface area contributed by atoms with Crippen LogP contribution >= 0.6 is 11.3 Å². The molecule has 0 aliphatic heterocycles. The van der Waals surface area contributed by atoms with Crippen LogP contribution in [0.5, 0.6) is 0 Å². The molecule has 2 atom stereocenters. The Kier molecular flexibility index (Phi) is 5.17. The fourth-order valence-corrected chi connectivity index (χ4v) is 3.20. The van der Waals surface area contributed by atoms with Crippen molar-refractivity contribution in [1.82, 2.24) is 5.32 Å². The monoisotopic (exact) mass is 273 g/mol. The molecule has 0 aliphatic rings. The van der Waals surface area contributed by atoms with E-state index in [9.17, 15) is 0 Å². The van der Waals surface area contributed by atoms with Gasteiger partial charge in [0, 0.05) is 21.8 Å². The van der Waals surface area contributed by atoms with E-state index in [1.54, 1.807) is 0 Å². The van der Waals surface area contributed by atoms with E-state index >= 15 is 0 Å². The average molecular weight is 273 g/mol. The van der Waals surface area contributed by atoms with Gasteiger partial charge in [0.05, 0.1) is 0 Å². The average Bonchev–Trinajstić information content (AvgIpc) is 2.84. The predicted molar refractivity (Wildman–Crippen MR) is 84.8 cm³/mol. The van der Waals surface area contributed by atoms with Gasteiger partial charge in [-0.1, -0.05) is 30.3 Å². The standard InChI is InChI=1S/C17H23NS/c1-13(9-11-16-7-5-4-6-8-16)18-15(3)17-12-10-14(2)19-17/h4-8,10,12-13,15,18H,9,11H2,1-3H3. The van der Waals surface area contributed by atoms with Crippen molar-refractivity contribution in [3.8, 4) is 0 Å². The first kappa shape index (κ1) is 14.3. The van der Waals surface area contributed by atoms with Gasteiger partial charge in [0.1, 0.15) is 0 Å². The molecule has 0 radical (unpaired) electrons. The fraction of sp³-hybridized carbons (Fsp3) is 0.412. The van der Waals surface area contributed by atoms with Crippen molar-refractivity contribution in [2.24, 2.45) is 0 Å². The Hall–Kier alpha value is -1.12. The van der Waals surface area contributed by atoms with Crippen molar-refractivity contribution in [2.75, 3.05) is 0 Å². The largest absolute Gasteiger partial charge is 0.307 e. The Morgan fingerprint density at radius 1 is 1.05 bits per heavy atom. The van der Waals surface area contributed by atoms with Gasteiger partial charge in [0.2, 0.25) is 0 Å². The maximum atomic E-state index is 3.69. The van der Waals surface area contributed by atoms with Gasteiger partial charge in [-0.05, 0) is 51.3 Å². The second-order valence-corrected chi connectivity index (χ2v) is 6.58. The van der Waals surface area contributed by atoms with Crippen molar-refractivity contribution >= 4 is 11.3 Å². The second kappa shape index (κ2) is 6.88. The molecule has 0 fully saturated rings. The molecular formula is C17H23NS. The number of hydrogen-bond donors (Lipinski definition) is 1. The summed E-state index contributed by atoms with van der Waals surface area (Å²) in [7, 11) is 0. The fourth-order valence-electron chi connectivity index (χ4n) is 2.31. The Bertz CT molecular complexity index is 489. The number of aryl methyl sites for hydroxylation is 2. The summed E-state index contributed by atoms with van der Waals surface area (Å²) < 4.78 is 0. The number of benzene rings is 1. The summed E-state index contributed by atoms with van der Waals surface area (Å²) in [6, 6.07) is 16.1. The summed E-state index contributed by atoms with van der Waals surface area (Å²) in [5.74, 6) is 0. The molecule has 2 heteroatoms. The molecular weight excluding hydrogens is 250 g/mol. The Balaban J connectivity index is 1.79. The van der Waals surface area contributed by atoms with Crippen LogP contribution in [0.3, 0.4) is 0 Å². The SMILES string of the molecule is Cc1ccc(C(C)NC(C)CCc2ccccc2)s1. The van der Waals surface area contributed by atoms with Crippen LogP contribution in [-0.4, -0.2) is 6.04 Å². The summed E-state index contributed by atoms with van der Waals surface area (Å²) in [4.78, 5) is 2.82. The minimum Gasteiger partial charge on any atom is -0.307 e. The van der Waals surface area contributed by atoms with Gasteiger partial charge in [-0.15, -0.1) is 11.3 Å². The van der Waals surface area contributed by atoms with E-state index in [4.69, 9.17) is 0 Å². The number of rotatable bonds is 6. The first-order valence-electron chi connectivity index (χ1n) is 7.01. The highest BCUT2D eigenvalue weighted by Gasteiger charge is 2.11. The molecule has 1 aromatic heterocycles. The number of nitrogens with one attached hydrogen (secondary N) is 1. The van der Waals surface area contributed by atoms with Crippen LogP contribution in [0, 0.1) is 6.92 Å².